The maximum atomic E-state index is 11.9. The van der Waals surface area contributed by atoms with Crippen LogP contribution >= 0.6 is 0 Å². The number of methoxy groups -OCH3 is 2. The Morgan fingerprint density at radius 1 is 1.13 bits per heavy atom. The van der Waals surface area contributed by atoms with Gasteiger partial charge in [0, 0.05) is 19.7 Å². The van der Waals surface area contributed by atoms with Crippen LogP contribution in [0.2, 0.25) is 0 Å². The molecule has 0 aliphatic heterocycles. The predicted molar refractivity (Wildman–Crippen MR) is 91.2 cm³/mol. The van der Waals surface area contributed by atoms with Crippen LogP contribution in [0, 0.1) is 0 Å². The van der Waals surface area contributed by atoms with E-state index in [-0.39, 0.29) is 12.0 Å². The number of amides is 1. The van der Waals surface area contributed by atoms with Crippen molar-refractivity contribution < 1.29 is 14.3 Å². The highest BCUT2D eigenvalue weighted by molar-refractivity contribution is 5.91. The first-order valence-corrected chi connectivity index (χ1v) is 7.40. The van der Waals surface area contributed by atoms with Gasteiger partial charge in [-0.15, -0.1) is 0 Å². The third kappa shape index (κ3) is 5.27. The molecule has 23 heavy (non-hydrogen) atoms. The van der Waals surface area contributed by atoms with E-state index in [4.69, 9.17) is 9.47 Å². The summed E-state index contributed by atoms with van der Waals surface area (Å²) in [6.07, 6.45) is 3.08. The standard InChI is InChI=1S/C19H21NO3/c1-22-17-10-6-9-16(13-17)18(23-2)14-20-19(21)12-11-15-7-4-3-5-8-15/h3-13,18H,14H2,1-2H3,(H,20,21)/b12-11+/t18-/m1/s1. The second kappa shape index (κ2) is 8.76. The molecular formula is C19H21NO3. The van der Waals surface area contributed by atoms with E-state index in [1.54, 1.807) is 20.3 Å². The molecule has 2 rings (SSSR count). The van der Waals surface area contributed by atoms with Crippen molar-refractivity contribution in [2.24, 2.45) is 0 Å². The second-order valence-corrected chi connectivity index (χ2v) is 4.99. The first-order valence-electron chi connectivity index (χ1n) is 7.40. The minimum absolute atomic E-state index is 0.154. The summed E-state index contributed by atoms with van der Waals surface area (Å²) in [6, 6.07) is 17.3. The van der Waals surface area contributed by atoms with Crippen molar-refractivity contribution >= 4 is 12.0 Å². The van der Waals surface area contributed by atoms with Crippen molar-refractivity contribution in [2.75, 3.05) is 20.8 Å². The van der Waals surface area contributed by atoms with Gasteiger partial charge in [0.1, 0.15) is 5.75 Å². The fourth-order valence-electron chi connectivity index (χ4n) is 2.17. The maximum Gasteiger partial charge on any atom is 0.244 e. The number of nitrogens with one attached hydrogen (secondary N) is 1. The van der Waals surface area contributed by atoms with E-state index in [1.165, 1.54) is 6.08 Å². The van der Waals surface area contributed by atoms with Gasteiger partial charge in [-0.25, -0.2) is 0 Å². The van der Waals surface area contributed by atoms with Crippen molar-refractivity contribution in [3.05, 3.63) is 71.8 Å². The first-order chi connectivity index (χ1) is 11.2. The number of carbonyl (C=O) groups excluding carboxylic acids is 1. The lowest BCUT2D eigenvalue weighted by atomic mass is 10.1. The summed E-state index contributed by atoms with van der Waals surface area (Å²) >= 11 is 0. The Balaban J connectivity index is 1.92. The minimum Gasteiger partial charge on any atom is -0.497 e. The molecule has 0 fully saturated rings. The summed E-state index contributed by atoms with van der Waals surface area (Å²) in [5.41, 5.74) is 1.94. The Labute approximate surface area is 136 Å². The Kier molecular flexibility index (Phi) is 6.39. The van der Waals surface area contributed by atoms with Gasteiger partial charge in [0.15, 0.2) is 0 Å². The van der Waals surface area contributed by atoms with Gasteiger partial charge in [-0.3, -0.25) is 4.79 Å². The van der Waals surface area contributed by atoms with Crippen LogP contribution in [0.3, 0.4) is 0 Å². The predicted octanol–water partition coefficient (Wildman–Crippen LogP) is 3.21. The van der Waals surface area contributed by atoms with Gasteiger partial charge < -0.3 is 14.8 Å². The molecule has 0 aliphatic carbocycles. The molecule has 2 aromatic rings. The van der Waals surface area contributed by atoms with Crippen LogP contribution in [0.1, 0.15) is 17.2 Å². The molecule has 0 aromatic heterocycles. The van der Waals surface area contributed by atoms with Crippen molar-refractivity contribution in [1.82, 2.24) is 5.32 Å². The first kappa shape index (κ1) is 16.8. The molecule has 4 heteroatoms. The summed E-state index contributed by atoms with van der Waals surface area (Å²) in [4.78, 5) is 11.9. The Hall–Kier alpha value is -2.59. The van der Waals surface area contributed by atoms with E-state index in [1.807, 2.05) is 54.6 Å². The maximum absolute atomic E-state index is 11.9. The average molecular weight is 311 g/mol. The van der Waals surface area contributed by atoms with E-state index >= 15 is 0 Å². The van der Waals surface area contributed by atoms with Gasteiger partial charge in [0.25, 0.3) is 0 Å². The molecule has 0 aliphatic rings. The largest absolute Gasteiger partial charge is 0.497 e. The number of ether oxygens (including phenoxy) is 2. The zero-order valence-corrected chi connectivity index (χ0v) is 13.4. The highest BCUT2D eigenvalue weighted by Crippen LogP contribution is 2.20. The molecule has 1 N–H and O–H groups in total. The summed E-state index contributed by atoms with van der Waals surface area (Å²) in [7, 11) is 3.24. The zero-order chi connectivity index (χ0) is 16.5. The average Bonchev–Trinajstić information content (AvgIpc) is 2.61. The zero-order valence-electron chi connectivity index (χ0n) is 13.4. The van der Waals surface area contributed by atoms with E-state index < -0.39 is 0 Å². The fraction of sp³-hybridized carbons (Fsp3) is 0.211. The van der Waals surface area contributed by atoms with E-state index in [0.717, 1.165) is 16.9 Å². The molecule has 2 aromatic carbocycles. The molecule has 1 amide bonds. The lowest BCUT2D eigenvalue weighted by Crippen LogP contribution is -2.27. The van der Waals surface area contributed by atoms with E-state index in [2.05, 4.69) is 5.32 Å². The van der Waals surface area contributed by atoms with Gasteiger partial charge >= 0.3 is 0 Å². The van der Waals surface area contributed by atoms with Crippen LogP contribution < -0.4 is 10.1 Å². The molecule has 0 saturated carbocycles. The van der Waals surface area contributed by atoms with Crippen molar-refractivity contribution in [1.29, 1.82) is 0 Å². The number of rotatable bonds is 7. The highest BCUT2D eigenvalue weighted by atomic mass is 16.5. The van der Waals surface area contributed by atoms with Crippen LogP contribution in [0.5, 0.6) is 5.75 Å². The van der Waals surface area contributed by atoms with Gasteiger partial charge in [0.05, 0.1) is 13.2 Å². The molecule has 0 spiro atoms. The molecule has 1 atom stereocenters. The number of hydrogen-bond acceptors (Lipinski definition) is 3. The van der Waals surface area contributed by atoms with Crippen LogP contribution in [-0.2, 0) is 9.53 Å². The van der Waals surface area contributed by atoms with Crippen LogP contribution in [0.4, 0.5) is 0 Å². The normalized spacial score (nSPS) is 12.1. The summed E-state index contributed by atoms with van der Waals surface area (Å²) in [5.74, 6) is 0.610. The highest BCUT2D eigenvalue weighted by Gasteiger charge is 2.12. The minimum atomic E-state index is -0.223. The van der Waals surface area contributed by atoms with Crippen LogP contribution in [0.15, 0.2) is 60.7 Å². The van der Waals surface area contributed by atoms with Gasteiger partial charge in [0.2, 0.25) is 5.91 Å². The molecule has 0 heterocycles. The molecule has 4 nitrogen and oxygen atoms in total. The molecule has 0 radical (unpaired) electrons. The second-order valence-electron chi connectivity index (χ2n) is 4.99. The fourth-order valence-corrected chi connectivity index (χ4v) is 2.17. The van der Waals surface area contributed by atoms with Gasteiger partial charge in [-0.05, 0) is 29.3 Å². The lowest BCUT2D eigenvalue weighted by molar-refractivity contribution is -0.117. The summed E-state index contributed by atoms with van der Waals surface area (Å²) in [5, 5.41) is 2.85. The quantitative estimate of drug-likeness (QED) is 0.799. The Morgan fingerprint density at radius 2 is 1.91 bits per heavy atom. The smallest absolute Gasteiger partial charge is 0.244 e. The van der Waals surface area contributed by atoms with Crippen LogP contribution in [0.25, 0.3) is 6.08 Å². The van der Waals surface area contributed by atoms with E-state index in [9.17, 15) is 4.79 Å². The molecule has 120 valence electrons. The summed E-state index contributed by atoms with van der Waals surface area (Å²) < 4.78 is 10.7. The lowest BCUT2D eigenvalue weighted by Gasteiger charge is -2.16. The Morgan fingerprint density at radius 3 is 2.61 bits per heavy atom. The van der Waals surface area contributed by atoms with Crippen molar-refractivity contribution in [3.63, 3.8) is 0 Å². The number of hydrogen-bond donors (Lipinski definition) is 1. The molecular weight excluding hydrogens is 290 g/mol. The third-order valence-corrected chi connectivity index (χ3v) is 3.44. The number of carbonyl (C=O) groups is 1. The summed E-state index contributed by atoms with van der Waals surface area (Å²) in [6.45, 7) is 0.391. The van der Waals surface area contributed by atoms with Crippen molar-refractivity contribution in [3.8, 4) is 5.75 Å². The Bertz CT molecular complexity index is 653. The third-order valence-electron chi connectivity index (χ3n) is 3.44. The van der Waals surface area contributed by atoms with Crippen molar-refractivity contribution in [2.45, 2.75) is 6.10 Å². The molecule has 0 saturated heterocycles. The van der Waals surface area contributed by atoms with E-state index in [0.29, 0.717) is 6.54 Å². The molecule has 0 bridgehead atoms. The monoisotopic (exact) mass is 311 g/mol. The molecule has 0 unspecified atom stereocenters. The van der Waals surface area contributed by atoms with Gasteiger partial charge in [-0.2, -0.15) is 0 Å². The van der Waals surface area contributed by atoms with Crippen LogP contribution in [-0.4, -0.2) is 26.7 Å². The topological polar surface area (TPSA) is 47.6 Å². The SMILES string of the molecule is COc1cccc([C@@H](CNC(=O)/C=C/c2ccccc2)OC)c1. The number of benzene rings is 2. The van der Waals surface area contributed by atoms with Gasteiger partial charge in [-0.1, -0.05) is 42.5 Å².